The van der Waals surface area contributed by atoms with E-state index in [1.165, 1.54) is 18.4 Å². The molecular weight excluding hydrogens is 178 g/mol. The minimum absolute atomic E-state index is 0.343. The summed E-state index contributed by atoms with van der Waals surface area (Å²) in [6.07, 6.45) is 4.52. The van der Waals surface area contributed by atoms with Crippen molar-refractivity contribution in [2.24, 2.45) is 0 Å². The van der Waals surface area contributed by atoms with Crippen LogP contribution in [0.1, 0.15) is 53.8 Å². The lowest BCUT2D eigenvalue weighted by Gasteiger charge is -2.06. The van der Waals surface area contributed by atoms with Gasteiger partial charge in [0, 0.05) is 5.69 Å². The Labute approximate surface area is 83.1 Å². The number of aromatic carboxylic acids is 1. The van der Waals surface area contributed by atoms with Crippen LogP contribution in [0.25, 0.3) is 0 Å². The summed E-state index contributed by atoms with van der Waals surface area (Å²) in [4.78, 5) is 13.7. The van der Waals surface area contributed by atoms with Crippen molar-refractivity contribution in [2.45, 2.75) is 38.5 Å². The molecule has 1 aliphatic carbocycles. The molecule has 0 spiro atoms. The van der Waals surface area contributed by atoms with Gasteiger partial charge >= 0.3 is 5.97 Å². The van der Waals surface area contributed by atoms with Crippen LogP contribution in [0, 0.1) is 0 Å². The minimum atomic E-state index is -0.852. The van der Waals surface area contributed by atoms with Crippen molar-refractivity contribution < 1.29 is 9.90 Å². The third-order valence-corrected chi connectivity index (χ3v) is 2.98. The molecule has 2 N–H and O–H groups in total. The number of carbonyl (C=O) groups is 1. The Kier molecular flexibility index (Phi) is 2.32. The largest absolute Gasteiger partial charge is 0.477 e. The second-order valence-corrected chi connectivity index (χ2v) is 3.95. The number of carboxylic acid groups (broad SMARTS) is 1. The number of fused-ring (bicyclic) bond motifs is 1. The third-order valence-electron chi connectivity index (χ3n) is 2.98. The van der Waals surface area contributed by atoms with Crippen LogP contribution < -0.4 is 0 Å². The summed E-state index contributed by atoms with van der Waals surface area (Å²) in [6, 6.07) is 1.81. The van der Waals surface area contributed by atoms with E-state index in [0.29, 0.717) is 11.6 Å². The topological polar surface area (TPSA) is 53.1 Å². The average molecular weight is 193 g/mol. The van der Waals surface area contributed by atoms with Gasteiger partial charge in [-0.3, -0.25) is 0 Å². The lowest BCUT2D eigenvalue weighted by molar-refractivity contribution is 0.0691. The van der Waals surface area contributed by atoms with Crippen LogP contribution in [0.3, 0.4) is 0 Å². The van der Waals surface area contributed by atoms with Crippen LogP contribution in [0.15, 0.2) is 6.07 Å². The van der Waals surface area contributed by atoms with Gasteiger partial charge in [-0.25, -0.2) is 4.79 Å². The molecule has 0 bridgehead atoms. The first-order valence-corrected chi connectivity index (χ1v) is 5.17. The number of carboxylic acids is 1. The average Bonchev–Trinajstić information content (AvgIpc) is 2.67. The number of aryl methyl sites for hydroxylation is 1. The fraction of sp³-hybridized carbons (Fsp3) is 0.545. The molecule has 0 saturated carbocycles. The van der Waals surface area contributed by atoms with Crippen molar-refractivity contribution in [3.63, 3.8) is 0 Å². The highest BCUT2D eigenvalue weighted by atomic mass is 16.4. The molecule has 0 radical (unpaired) electrons. The Balaban J connectivity index is 2.26. The molecule has 0 aromatic carbocycles. The summed E-state index contributed by atoms with van der Waals surface area (Å²) in [5.74, 6) is -0.269. The van der Waals surface area contributed by atoms with Gasteiger partial charge in [-0.2, -0.15) is 0 Å². The second kappa shape index (κ2) is 3.48. The van der Waals surface area contributed by atoms with Crippen molar-refractivity contribution in [2.75, 3.05) is 0 Å². The van der Waals surface area contributed by atoms with Gasteiger partial charge in [-0.1, -0.05) is 13.3 Å². The van der Waals surface area contributed by atoms with E-state index in [1.807, 2.05) is 6.07 Å². The Morgan fingerprint density at radius 1 is 1.71 bits per heavy atom. The summed E-state index contributed by atoms with van der Waals surface area (Å²) in [5, 5.41) is 8.83. The monoisotopic (exact) mass is 193 g/mol. The molecule has 0 amide bonds. The van der Waals surface area contributed by atoms with E-state index in [9.17, 15) is 4.79 Å². The molecule has 0 aliphatic heterocycles. The normalized spacial score (nSPS) is 19.6. The molecule has 3 heteroatoms. The van der Waals surface area contributed by atoms with Gasteiger partial charge < -0.3 is 10.1 Å². The predicted molar refractivity (Wildman–Crippen MR) is 53.7 cm³/mol. The summed E-state index contributed by atoms with van der Waals surface area (Å²) in [7, 11) is 0. The smallest absolute Gasteiger partial charge is 0.352 e. The van der Waals surface area contributed by atoms with Crippen molar-refractivity contribution in [3.05, 3.63) is 23.0 Å². The Hall–Kier alpha value is -1.25. The standard InChI is InChI=1S/C11H15NO2/c1-2-3-7-4-5-9-8(7)6-10(12-9)11(13)14/h6-7,12H,2-5H2,1H3,(H,13,14). The number of hydrogen-bond donors (Lipinski definition) is 2. The molecule has 0 saturated heterocycles. The number of rotatable bonds is 3. The fourth-order valence-corrected chi connectivity index (χ4v) is 2.32. The van der Waals surface area contributed by atoms with Gasteiger partial charge in [0.15, 0.2) is 0 Å². The quantitative estimate of drug-likeness (QED) is 0.775. The maximum Gasteiger partial charge on any atom is 0.352 e. The van der Waals surface area contributed by atoms with Crippen molar-refractivity contribution >= 4 is 5.97 Å². The van der Waals surface area contributed by atoms with Gasteiger partial charge in [-0.15, -0.1) is 0 Å². The molecule has 0 fully saturated rings. The molecule has 3 nitrogen and oxygen atoms in total. The van der Waals surface area contributed by atoms with E-state index < -0.39 is 5.97 Å². The molecule has 1 aliphatic rings. The second-order valence-electron chi connectivity index (χ2n) is 3.95. The lowest BCUT2D eigenvalue weighted by atomic mass is 9.98. The van der Waals surface area contributed by atoms with Crippen LogP contribution in [0.5, 0.6) is 0 Å². The molecule has 1 aromatic heterocycles. The van der Waals surface area contributed by atoms with Gasteiger partial charge in [-0.05, 0) is 36.8 Å². The summed E-state index contributed by atoms with van der Waals surface area (Å²) in [6.45, 7) is 2.17. The van der Waals surface area contributed by atoms with Crippen LogP contribution in [0.2, 0.25) is 0 Å². The molecule has 1 heterocycles. The van der Waals surface area contributed by atoms with Crippen LogP contribution in [-0.2, 0) is 6.42 Å². The minimum Gasteiger partial charge on any atom is -0.477 e. The van der Waals surface area contributed by atoms with Crippen LogP contribution in [0.4, 0.5) is 0 Å². The number of H-pyrrole nitrogens is 1. The van der Waals surface area contributed by atoms with E-state index in [0.717, 1.165) is 18.5 Å². The highest BCUT2D eigenvalue weighted by molar-refractivity contribution is 5.86. The van der Waals surface area contributed by atoms with E-state index in [-0.39, 0.29) is 0 Å². The van der Waals surface area contributed by atoms with E-state index in [4.69, 9.17) is 5.11 Å². The highest BCUT2D eigenvalue weighted by Crippen LogP contribution is 2.36. The third kappa shape index (κ3) is 1.43. The summed E-state index contributed by atoms with van der Waals surface area (Å²) >= 11 is 0. The van der Waals surface area contributed by atoms with Crippen molar-refractivity contribution in [1.29, 1.82) is 0 Å². The summed E-state index contributed by atoms with van der Waals surface area (Å²) in [5.41, 5.74) is 2.72. The van der Waals surface area contributed by atoms with Gasteiger partial charge in [0.1, 0.15) is 5.69 Å². The number of aromatic nitrogens is 1. The van der Waals surface area contributed by atoms with Crippen LogP contribution in [-0.4, -0.2) is 16.1 Å². The summed E-state index contributed by atoms with van der Waals surface area (Å²) < 4.78 is 0. The molecule has 76 valence electrons. The SMILES string of the molecule is CCCC1CCc2[nH]c(C(=O)O)cc21. The molecular formula is C11H15NO2. The Morgan fingerprint density at radius 3 is 3.14 bits per heavy atom. The van der Waals surface area contributed by atoms with Crippen molar-refractivity contribution in [3.8, 4) is 0 Å². The zero-order valence-corrected chi connectivity index (χ0v) is 8.34. The van der Waals surface area contributed by atoms with E-state index in [1.54, 1.807) is 0 Å². The number of nitrogens with one attached hydrogen (secondary N) is 1. The maximum atomic E-state index is 10.7. The number of aromatic amines is 1. The molecule has 1 aromatic rings. The Morgan fingerprint density at radius 2 is 2.50 bits per heavy atom. The highest BCUT2D eigenvalue weighted by Gasteiger charge is 2.25. The molecule has 1 unspecified atom stereocenters. The fourth-order valence-electron chi connectivity index (χ4n) is 2.32. The zero-order valence-electron chi connectivity index (χ0n) is 8.34. The maximum absolute atomic E-state index is 10.7. The molecule has 2 rings (SSSR count). The van der Waals surface area contributed by atoms with Gasteiger partial charge in [0.25, 0.3) is 0 Å². The van der Waals surface area contributed by atoms with Gasteiger partial charge in [0.05, 0.1) is 0 Å². The first-order valence-electron chi connectivity index (χ1n) is 5.17. The zero-order chi connectivity index (χ0) is 10.1. The first kappa shape index (κ1) is 9.31. The molecule has 1 atom stereocenters. The molecule has 14 heavy (non-hydrogen) atoms. The van der Waals surface area contributed by atoms with Gasteiger partial charge in [0.2, 0.25) is 0 Å². The first-order chi connectivity index (χ1) is 6.72. The Bertz CT molecular complexity index is 354. The van der Waals surface area contributed by atoms with E-state index in [2.05, 4.69) is 11.9 Å². The van der Waals surface area contributed by atoms with Crippen LogP contribution >= 0.6 is 0 Å². The number of hydrogen-bond acceptors (Lipinski definition) is 1. The van der Waals surface area contributed by atoms with E-state index >= 15 is 0 Å². The lowest BCUT2D eigenvalue weighted by Crippen LogP contribution is -1.97. The van der Waals surface area contributed by atoms with Crippen molar-refractivity contribution in [1.82, 2.24) is 4.98 Å². The predicted octanol–water partition coefficient (Wildman–Crippen LogP) is 2.54.